The van der Waals surface area contributed by atoms with Crippen molar-refractivity contribution in [1.82, 2.24) is 9.55 Å². The Kier molecular flexibility index (Phi) is 3.48. The van der Waals surface area contributed by atoms with Crippen LogP contribution in [0.25, 0.3) is 27.0 Å². The summed E-state index contributed by atoms with van der Waals surface area (Å²) in [5.74, 6) is 0. The number of benzene rings is 2. The zero-order chi connectivity index (χ0) is 15.8. The lowest BCUT2D eigenvalue weighted by Gasteiger charge is -2.08. The maximum absolute atomic E-state index is 13.1. The molecule has 4 rings (SSSR count). The minimum Gasteiger partial charge on any atom is -0.268 e. The molecule has 0 spiro atoms. The third-order valence-electron chi connectivity index (χ3n) is 3.67. The summed E-state index contributed by atoms with van der Waals surface area (Å²) in [4.78, 5) is 18.1. The molecule has 0 aliphatic carbocycles. The van der Waals surface area contributed by atoms with Crippen molar-refractivity contribution in [2.45, 2.75) is 0 Å². The van der Waals surface area contributed by atoms with Crippen molar-refractivity contribution >= 4 is 33.2 Å². The molecule has 4 aromatic rings. The first-order valence-corrected chi connectivity index (χ1v) is 8.32. The van der Waals surface area contributed by atoms with Crippen LogP contribution < -0.4 is 5.56 Å². The number of para-hydroxylation sites is 1. The number of nitrogens with zero attached hydrogens (tertiary/aromatic N) is 2. The summed E-state index contributed by atoms with van der Waals surface area (Å²) < 4.78 is 1.45. The Bertz CT molecular complexity index is 1040. The van der Waals surface area contributed by atoms with Gasteiger partial charge >= 0.3 is 0 Å². The molecule has 0 saturated heterocycles. The zero-order valence-corrected chi connectivity index (χ0v) is 13.5. The van der Waals surface area contributed by atoms with Gasteiger partial charge in [0.15, 0.2) is 0 Å². The Hall–Kier alpha value is -2.43. The first kappa shape index (κ1) is 14.2. The Labute approximate surface area is 141 Å². The van der Waals surface area contributed by atoms with Gasteiger partial charge < -0.3 is 0 Å². The molecule has 0 bridgehead atoms. The molecule has 2 aromatic carbocycles. The normalized spacial score (nSPS) is 11.0. The molecule has 2 heterocycles. The Morgan fingerprint density at radius 3 is 2.30 bits per heavy atom. The molecule has 0 aliphatic rings. The molecule has 0 aliphatic heterocycles. The highest BCUT2D eigenvalue weighted by Crippen LogP contribution is 2.31. The number of hydrogen-bond acceptors (Lipinski definition) is 3. The van der Waals surface area contributed by atoms with Gasteiger partial charge in [-0.05, 0) is 29.3 Å². The minimum absolute atomic E-state index is 0.147. The zero-order valence-electron chi connectivity index (χ0n) is 11.9. The van der Waals surface area contributed by atoms with Crippen LogP contribution in [-0.2, 0) is 0 Å². The van der Waals surface area contributed by atoms with Crippen molar-refractivity contribution in [3.63, 3.8) is 0 Å². The van der Waals surface area contributed by atoms with Crippen LogP contribution in [0.3, 0.4) is 0 Å². The summed E-state index contributed by atoms with van der Waals surface area (Å²) in [6.45, 7) is 0. The molecular weight excluding hydrogens is 328 g/mol. The number of thiophene rings is 1. The maximum atomic E-state index is 13.1. The van der Waals surface area contributed by atoms with Crippen molar-refractivity contribution in [3.8, 4) is 16.8 Å². The molecule has 5 heteroatoms. The van der Waals surface area contributed by atoms with Crippen LogP contribution in [0, 0.1) is 0 Å². The van der Waals surface area contributed by atoms with Crippen LogP contribution in [0.1, 0.15) is 0 Å². The van der Waals surface area contributed by atoms with Crippen LogP contribution in [0.5, 0.6) is 0 Å². The van der Waals surface area contributed by atoms with Crippen LogP contribution in [-0.4, -0.2) is 9.55 Å². The summed E-state index contributed by atoms with van der Waals surface area (Å²) in [5.41, 5.74) is 2.46. The molecular formula is C18H11ClN2OS. The van der Waals surface area contributed by atoms with Gasteiger partial charge in [-0.1, -0.05) is 48.5 Å². The number of fused-ring (bicyclic) bond motifs is 1. The highest BCUT2D eigenvalue weighted by Gasteiger charge is 2.16. The first-order valence-electron chi connectivity index (χ1n) is 7.06. The largest absolute Gasteiger partial charge is 0.268 e. The fraction of sp³-hybridized carbons (Fsp3) is 0. The van der Waals surface area contributed by atoms with Crippen molar-refractivity contribution in [2.24, 2.45) is 0 Å². The summed E-state index contributed by atoms with van der Waals surface area (Å²) in [6, 6.07) is 19.2. The molecule has 0 saturated carbocycles. The van der Waals surface area contributed by atoms with Gasteiger partial charge in [0.05, 0.1) is 11.1 Å². The molecule has 0 radical (unpaired) electrons. The van der Waals surface area contributed by atoms with Crippen LogP contribution in [0.15, 0.2) is 70.8 Å². The summed E-state index contributed by atoms with van der Waals surface area (Å²) in [7, 11) is 0. The maximum Gasteiger partial charge on any atom is 0.268 e. The molecule has 2 aromatic heterocycles. The topological polar surface area (TPSA) is 34.9 Å². The predicted molar refractivity (Wildman–Crippen MR) is 95.7 cm³/mol. The van der Waals surface area contributed by atoms with Crippen LogP contribution in [0.2, 0.25) is 5.28 Å². The molecule has 0 unspecified atom stereocenters. The van der Waals surface area contributed by atoms with Gasteiger partial charge in [0.1, 0.15) is 4.83 Å². The van der Waals surface area contributed by atoms with Crippen molar-refractivity contribution in [2.75, 3.05) is 0 Å². The second kappa shape index (κ2) is 5.65. The van der Waals surface area contributed by atoms with E-state index < -0.39 is 0 Å². The summed E-state index contributed by atoms with van der Waals surface area (Å²) in [6.07, 6.45) is 0. The number of rotatable bonds is 2. The third kappa shape index (κ3) is 2.36. The Morgan fingerprint density at radius 1 is 0.957 bits per heavy atom. The standard InChI is InChI=1S/C18H11ClN2OS/c19-18-20-16-15(14(11-23-16)12-7-3-1-4-8-12)17(22)21(18)13-9-5-2-6-10-13/h1-11H. The van der Waals surface area contributed by atoms with Gasteiger partial charge in [0.25, 0.3) is 5.56 Å². The van der Waals surface area contributed by atoms with Gasteiger partial charge in [-0.15, -0.1) is 11.3 Å². The molecule has 0 fully saturated rings. The third-order valence-corrected chi connectivity index (χ3v) is 4.79. The van der Waals surface area contributed by atoms with E-state index in [1.165, 1.54) is 15.9 Å². The van der Waals surface area contributed by atoms with E-state index in [1.54, 1.807) is 0 Å². The van der Waals surface area contributed by atoms with Crippen molar-refractivity contribution in [1.29, 1.82) is 0 Å². The quantitative estimate of drug-likeness (QED) is 0.493. The molecule has 0 N–H and O–H groups in total. The van der Waals surface area contributed by atoms with E-state index in [4.69, 9.17) is 11.6 Å². The van der Waals surface area contributed by atoms with Crippen molar-refractivity contribution in [3.05, 3.63) is 81.7 Å². The highest BCUT2D eigenvalue weighted by molar-refractivity contribution is 7.17. The van der Waals surface area contributed by atoms with E-state index in [2.05, 4.69) is 4.98 Å². The van der Waals surface area contributed by atoms with E-state index in [0.29, 0.717) is 15.9 Å². The van der Waals surface area contributed by atoms with Gasteiger partial charge in [-0.25, -0.2) is 4.98 Å². The lowest BCUT2D eigenvalue weighted by molar-refractivity contribution is 0.968. The molecule has 0 atom stereocenters. The lowest BCUT2D eigenvalue weighted by atomic mass is 10.1. The predicted octanol–water partition coefficient (Wildman–Crippen LogP) is 4.77. The van der Waals surface area contributed by atoms with E-state index >= 15 is 0 Å². The fourth-order valence-corrected chi connectivity index (χ4v) is 3.84. The minimum atomic E-state index is -0.147. The molecule has 3 nitrogen and oxygen atoms in total. The van der Waals surface area contributed by atoms with Gasteiger partial charge in [-0.2, -0.15) is 0 Å². The van der Waals surface area contributed by atoms with E-state index in [1.807, 2.05) is 66.0 Å². The summed E-state index contributed by atoms with van der Waals surface area (Å²) >= 11 is 7.69. The summed E-state index contributed by atoms with van der Waals surface area (Å²) in [5, 5.41) is 2.74. The first-order chi connectivity index (χ1) is 11.3. The number of aromatic nitrogens is 2. The van der Waals surface area contributed by atoms with Crippen LogP contribution in [0.4, 0.5) is 0 Å². The van der Waals surface area contributed by atoms with Crippen molar-refractivity contribution < 1.29 is 0 Å². The van der Waals surface area contributed by atoms with Gasteiger partial charge in [-0.3, -0.25) is 9.36 Å². The Balaban J connectivity index is 2.06. The average molecular weight is 339 g/mol. The fourth-order valence-electron chi connectivity index (χ4n) is 2.60. The Morgan fingerprint density at radius 2 is 1.61 bits per heavy atom. The molecule has 112 valence electrons. The smallest absolute Gasteiger partial charge is 0.268 e. The van der Waals surface area contributed by atoms with E-state index in [-0.39, 0.29) is 10.8 Å². The number of hydrogen-bond donors (Lipinski definition) is 0. The second-order valence-electron chi connectivity index (χ2n) is 5.05. The molecule has 0 amide bonds. The van der Waals surface area contributed by atoms with Crippen LogP contribution >= 0.6 is 22.9 Å². The van der Waals surface area contributed by atoms with E-state index in [0.717, 1.165) is 11.1 Å². The van der Waals surface area contributed by atoms with E-state index in [9.17, 15) is 4.79 Å². The SMILES string of the molecule is O=c1c2c(-c3ccccc3)csc2nc(Cl)n1-c1ccccc1. The lowest BCUT2D eigenvalue weighted by Crippen LogP contribution is -2.20. The molecule has 23 heavy (non-hydrogen) atoms. The van der Waals surface area contributed by atoms with Gasteiger partial charge in [0.2, 0.25) is 5.28 Å². The average Bonchev–Trinajstić information content (AvgIpc) is 3.00. The van der Waals surface area contributed by atoms with Gasteiger partial charge in [0, 0.05) is 10.9 Å². The monoisotopic (exact) mass is 338 g/mol. The number of halogens is 1. The second-order valence-corrected chi connectivity index (χ2v) is 6.25. The highest BCUT2D eigenvalue weighted by atomic mass is 35.5.